The number of rotatable bonds is 4. The Hall–Kier alpha value is -2.56. The van der Waals surface area contributed by atoms with Crippen LogP contribution in [0.15, 0.2) is 66.0 Å². The normalized spacial score (nSPS) is 11.0. The predicted molar refractivity (Wildman–Crippen MR) is 110 cm³/mol. The maximum Gasteiger partial charge on any atom is 0.272 e. The molecule has 0 saturated heterocycles. The Bertz CT molecular complexity index is 1060. The number of thiophene rings is 1. The van der Waals surface area contributed by atoms with E-state index in [4.69, 9.17) is 11.6 Å². The molecule has 0 saturated carbocycles. The van der Waals surface area contributed by atoms with Crippen LogP contribution < -0.4 is 5.32 Å². The maximum atomic E-state index is 12.9. The first kappa shape index (κ1) is 16.9. The molecule has 5 heteroatoms. The molecular formula is C21H17ClN2OS. The summed E-state index contributed by atoms with van der Waals surface area (Å²) in [4.78, 5) is 12.9. The molecule has 1 N–H and O–H groups in total. The van der Waals surface area contributed by atoms with Crippen LogP contribution in [-0.4, -0.2) is 10.5 Å². The van der Waals surface area contributed by atoms with Crippen LogP contribution in [-0.2, 0) is 6.54 Å². The minimum Gasteiger partial charge on any atom is -0.331 e. The number of halogens is 1. The molecule has 0 fully saturated rings. The highest BCUT2D eigenvalue weighted by Gasteiger charge is 2.17. The second-order valence-corrected chi connectivity index (χ2v) is 7.62. The highest BCUT2D eigenvalue weighted by Crippen LogP contribution is 2.27. The molecule has 0 aliphatic rings. The zero-order valence-corrected chi connectivity index (χ0v) is 15.8. The lowest BCUT2D eigenvalue weighted by Gasteiger charge is -2.11. The first-order valence-corrected chi connectivity index (χ1v) is 9.55. The van der Waals surface area contributed by atoms with Gasteiger partial charge in [0.2, 0.25) is 0 Å². The molecule has 0 spiro atoms. The highest BCUT2D eigenvalue weighted by atomic mass is 35.5. The molecule has 4 aromatic rings. The molecule has 0 bridgehead atoms. The fourth-order valence-corrected chi connectivity index (χ4v) is 3.89. The topological polar surface area (TPSA) is 34.0 Å². The Kier molecular flexibility index (Phi) is 4.53. The summed E-state index contributed by atoms with van der Waals surface area (Å²) in [6.45, 7) is 2.64. The van der Waals surface area contributed by atoms with Crippen molar-refractivity contribution >= 4 is 44.7 Å². The van der Waals surface area contributed by atoms with E-state index >= 15 is 0 Å². The van der Waals surface area contributed by atoms with E-state index in [9.17, 15) is 4.79 Å². The molecule has 3 nitrogen and oxygen atoms in total. The van der Waals surface area contributed by atoms with Crippen LogP contribution in [0, 0.1) is 6.92 Å². The van der Waals surface area contributed by atoms with E-state index in [1.807, 2.05) is 66.9 Å². The monoisotopic (exact) mass is 380 g/mol. The van der Waals surface area contributed by atoms with E-state index in [0.29, 0.717) is 17.3 Å². The van der Waals surface area contributed by atoms with Crippen molar-refractivity contribution in [2.75, 3.05) is 5.32 Å². The Morgan fingerprint density at radius 1 is 1.08 bits per heavy atom. The summed E-state index contributed by atoms with van der Waals surface area (Å²) in [5.41, 5.74) is 4.78. The lowest BCUT2D eigenvalue weighted by Crippen LogP contribution is -2.17. The number of carbonyl (C=O) groups excluding carboxylic acids is 1. The average Bonchev–Trinajstić information content (AvgIpc) is 3.21. The molecule has 2 heterocycles. The van der Waals surface area contributed by atoms with Crippen molar-refractivity contribution in [1.82, 2.24) is 4.57 Å². The number of nitrogens with zero attached hydrogens (tertiary/aromatic N) is 1. The van der Waals surface area contributed by atoms with Crippen LogP contribution in [0.25, 0.3) is 10.2 Å². The van der Waals surface area contributed by atoms with Gasteiger partial charge < -0.3 is 9.88 Å². The molecule has 26 heavy (non-hydrogen) atoms. The number of anilines is 1. The number of aryl methyl sites for hydroxylation is 1. The Balaban J connectivity index is 1.67. The van der Waals surface area contributed by atoms with Crippen molar-refractivity contribution < 1.29 is 4.79 Å². The molecule has 2 aromatic carbocycles. The molecule has 0 atom stereocenters. The van der Waals surface area contributed by atoms with Crippen molar-refractivity contribution in [3.63, 3.8) is 0 Å². The van der Waals surface area contributed by atoms with E-state index in [1.54, 1.807) is 11.3 Å². The van der Waals surface area contributed by atoms with Crippen LogP contribution >= 0.6 is 22.9 Å². The third kappa shape index (κ3) is 3.39. The number of aromatic nitrogens is 1. The molecule has 2 aromatic heterocycles. The number of amides is 1. The summed E-state index contributed by atoms with van der Waals surface area (Å²) in [6.07, 6.45) is 0. The van der Waals surface area contributed by atoms with Crippen molar-refractivity contribution in [3.8, 4) is 0 Å². The van der Waals surface area contributed by atoms with E-state index in [2.05, 4.69) is 16.0 Å². The minimum absolute atomic E-state index is 0.105. The first-order valence-electron chi connectivity index (χ1n) is 8.29. The SMILES string of the molecule is Cc1ccc(NC(=O)c2cc3sccc3n2Cc2ccc(Cl)cc2)cc1. The third-order valence-corrected chi connectivity index (χ3v) is 5.42. The standard InChI is InChI=1S/C21H17ClN2OS/c1-14-2-8-17(9-3-14)23-21(25)19-12-20-18(10-11-26-20)24(19)13-15-4-6-16(22)7-5-15/h2-12H,13H2,1H3,(H,23,25). The van der Waals surface area contributed by atoms with Gasteiger partial charge in [-0.3, -0.25) is 4.79 Å². The molecule has 0 aliphatic heterocycles. The summed E-state index contributed by atoms with van der Waals surface area (Å²) < 4.78 is 3.16. The van der Waals surface area contributed by atoms with Crippen LogP contribution in [0.3, 0.4) is 0 Å². The number of benzene rings is 2. The van der Waals surface area contributed by atoms with E-state index in [-0.39, 0.29) is 5.91 Å². The molecular weight excluding hydrogens is 364 g/mol. The second kappa shape index (κ2) is 6.98. The fraction of sp³-hybridized carbons (Fsp3) is 0.0952. The van der Waals surface area contributed by atoms with Crippen molar-refractivity contribution in [2.24, 2.45) is 0 Å². The molecule has 0 unspecified atom stereocenters. The van der Waals surface area contributed by atoms with Crippen molar-refractivity contribution in [1.29, 1.82) is 0 Å². The highest BCUT2D eigenvalue weighted by molar-refractivity contribution is 7.17. The predicted octanol–water partition coefficient (Wildman–Crippen LogP) is 5.97. The Labute approximate surface area is 160 Å². The summed E-state index contributed by atoms with van der Waals surface area (Å²) in [6, 6.07) is 19.5. The van der Waals surface area contributed by atoms with Gasteiger partial charge in [0.25, 0.3) is 5.91 Å². The summed E-state index contributed by atoms with van der Waals surface area (Å²) >= 11 is 7.62. The smallest absolute Gasteiger partial charge is 0.272 e. The van der Waals surface area contributed by atoms with E-state index in [1.165, 1.54) is 0 Å². The largest absolute Gasteiger partial charge is 0.331 e. The van der Waals surface area contributed by atoms with Crippen LogP contribution in [0.1, 0.15) is 21.6 Å². The molecule has 130 valence electrons. The number of fused-ring (bicyclic) bond motifs is 1. The first-order chi connectivity index (χ1) is 12.6. The van der Waals surface area contributed by atoms with Gasteiger partial charge in [-0.1, -0.05) is 41.4 Å². The van der Waals surface area contributed by atoms with Crippen LogP contribution in [0.5, 0.6) is 0 Å². The van der Waals surface area contributed by atoms with Gasteiger partial charge >= 0.3 is 0 Å². The number of hydrogen-bond acceptors (Lipinski definition) is 2. The van der Waals surface area contributed by atoms with E-state index < -0.39 is 0 Å². The Morgan fingerprint density at radius 2 is 1.81 bits per heavy atom. The van der Waals surface area contributed by atoms with Gasteiger partial charge in [0.15, 0.2) is 0 Å². The zero-order valence-electron chi connectivity index (χ0n) is 14.2. The Morgan fingerprint density at radius 3 is 2.54 bits per heavy atom. The quantitative estimate of drug-likeness (QED) is 0.465. The lowest BCUT2D eigenvalue weighted by atomic mass is 10.2. The summed E-state index contributed by atoms with van der Waals surface area (Å²) in [5.74, 6) is -0.105. The van der Waals surface area contributed by atoms with Gasteiger partial charge in [-0.25, -0.2) is 0 Å². The van der Waals surface area contributed by atoms with Gasteiger partial charge in [-0.15, -0.1) is 11.3 Å². The molecule has 1 amide bonds. The zero-order chi connectivity index (χ0) is 18.1. The maximum absolute atomic E-state index is 12.9. The fourth-order valence-electron chi connectivity index (χ4n) is 2.94. The lowest BCUT2D eigenvalue weighted by molar-refractivity contribution is 0.101. The van der Waals surface area contributed by atoms with Gasteiger partial charge in [0.05, 0.1) is 10.2 Å². The number of carbonyl (C=O) groups is 1. The molecule has 0 radical (unpaired) electrons. The van der Waals surface area contributed by atoms with E-state index in [0.717, 1.165) is 27.0 Å². The van der Waals surface area contributed by atoms with Gasteiger partial charge in [0, 0.05) is 17.3 Å². The second-order valence-electron chi connectivity index (χ2n) is 6.23. The van der Waals surface area contributed by atoms with Gasteiger partial charge in [-0.2, -0.15) is 0 Å². The van der Waals surface area contributed by atoms with Crippen molar-refractivity contribution in [2.45, 2.75) is 13.5 Å². The minimum atomic E-state index is -0.105. The molecule has 4 rings (SSSR count). The van der Waals surface area contributed by atoms with Gasteiger partial charge in [0.1, 0.15) is 5.69 Å². The van der Waals surface area contributed by atoms with Crippen LogP contribution in [0.4, 0.5) is 5.69 Å². The number of hydrogen-bond donors (Lipinski definition) is 1. The van der Waals surface area contributed by atoms with Crippen molar-refractivity contribution in [3.05, 3.63) is 87.9 Å². The third-order valence-electron chi connectivity index (χ3n) is 4.32. The summed E-state index contributed by atoms with van der Waals surface area (Å²) in [5, 5.41) is 5.75. The van der Waals surface area contributed by atoms with Gasteiger partial charge in [-0.05, 0) is 54.3 Å². The van der Waals surface area contributed by atoms with Crippen LogP contribution in [0.2, 0.25) is 5.02 Å². The average molecular weight is 381 g/mol. The molecule has 0 aliphatic carbocycles. The number of nitrogens with one attached hydrogen (secondary N) is 1. The summed E-state index contributed by atoms with van der Waals surface area (Å²) in [7, 11) is 0.